The summed E-state index contributed by atoms with van der Waals surface area (Å²) in [5.74, 6) is -0.848. The van der Waals surface area contributed by atoms with Crippen LogP contribution in [0.2, 0.25) is 0 Å². The SMILES string of the molecule is O=C(c1ccc(O)cc1O)c1c(-c2ccc(O)cc2)oc2c3c(ccc12)OC(c1ccc(O)cc1)CC3=O. The van der Waals surface area contributed by atoms with Crippen LogP contribution in [0.15, 0.2) is 83.3 Å². The highest BCUT2D eigenvalue weighted by Crippen LogP contribution is 2.44. The minimum Gasteiger partial charge on any atom is -0.508 e. The van der Waals surface area contributed by atoms with Crippen molar-refractivity contribution in [2.75, 3.05) is 0 Å². The Kier molecular flexibility index (Phi) is 5.31. The summed E-state index contributed by atoms with van der Waals surface area (Å²) in [7, 11) is 0. The van der Waals surface area contributed by atoms with Gasteiger partial charge in [-0.15, -0.1) is 0 Å². The number of hydrogen-bond donors (Lipinski definition) is 4. The molecule has 4 aromatic carbocycles. The molecule has 0 bridgehead atoms. The maximum atomic E-state index is 13.7. The van der Waals surface area contributed by atoms with Crippen molar-refractivity contribution in [3.05, 3.63) is 101 Å². The second-order valence-corrected chi connectivity index (χ2v) is 9.02. The Morgan fingerprint density at radius 3 is 2.13 bits per heavy atom. The number of ketones is 2. The van der Waals surface area contributed by atoms with E-state index >= 15 is 0 Å². The van der Waals surface area contributed by atoms with Crippen LogP contribution in [0.4, 0.5) is 0 Å². The third-order valence-electron chi connectivity index (χ3n) is 6.59. The maximum absolute atomic E-state index is 13.7. The first-order valence-electron chi connectivity index (χ1n) is 11.7. The zero-order chi connectivity index (χ0) is 26.6. The normalized spacial score (nSPS) is 14.7. The van der Waals surface area contributed by atoms with Crippen LogP contribution in [0.3, 0.4) is 0 Å². The highest BCUT2D eigenvalue weighted by Gasteiger charge is 2.34. The van der Waals surface area contributed by atoms with Crippen molar-refractivity contribution in [1.29, 1.82) is 0 Å². The zero-order valence-corrected chi connectivity index (χ0v) is 19.7. The van der Waals surface area contributed by atoms with Gasteiger partial charge in [0.25, 0.3) is 0 Å². The molecule has 0 radical (unpaired) electrons. The number of furan rings is 1. The molecule has 0 aliphatic carbocycles. The minimum atomic E-state index is -0.574. The molecule has 1 aliphatic heterocycles. The number of carbonyl (C=O) groups excluding carboxylic acids is 2. The number of hydrogen-bond acceptors (Lipinski definition) is 8. The third kappa shape index (κ3) is 3.79. The first-order valence-corrected chi connectivity index (χ1v) is 11.7. The molecule has 5 aromatic rings. The highest BCUT2D eigenvalue weighted by atomic mass is 16.5. The Morgan fingerprint density at radius 1 is 0.789 bits per heavy atom. The summed E-state index contributed by atoms with van der Waals surface area (Å²) < 4.78 is 12.3. The van der Waals surface area contributed by atoms with Gasteiger partial charge in [0.2, 0.25) is 5.78 Å². The molecule has 38 heavy (non-hydrogen) atoms. The van der Waals surface area contributed by atoms with Gasteiger partial charge in [-0.3, -0.25) is 9.59 Å². The Balaban J connectivity index is 1.53. The molecule has 1 unspecified atom stereocenters. The molecule has 1 aliphatic rings. The first kappa shape index (κ1) is 23.2. The van der Waals surface area contributed by atoms with Gasteiger partial charge in [-0.05, 0) is 66.2 Å². The van der Waals surface area contributed by atoms with Gasteiger partial charge in [-0.1, -0.05) is 12.1 Å². The van der Waals surface area contributed by atoms with Gasteiger partial charge >= 0.3 is 0 Å². The molecule has 1 atom stereocenters. The summed E-state index contributed by atoms with van der Waals surface area (Å²) in [4.78, 5) is 27.1. The van der Waals surface area contributed by atoms with Gasteiger partial charge in [-0.2, -0.15) is 0 Å². The summed E-state index contributed by atoms with van der Waals surface area (Å²) in [5.41, 5.74) is 1.62. The van der Waals surface area contributed by atoms with Crippen LogP contribution in [-0.4, -0.2) is 32.0 Å². The molecule has 2 heterocycles. The fraction of sp³-hybridized carbons (Fsp3) is 0.0667. The second kappa shape index (κ2) is 8.70. The van der Waals surface area contributed by atoms with Crippen molar-refractivity contribution in [3.8, 4) is 40.1 Å². The second-order valence-electron chi connectivity index (χ2n) is 9.02. The third-order valence-corrected chi connectivity index (χ3v) is 6.59. The van der Waals surface area contributed by atoms with Gasteiger partial charge < -0.3 is 29.6 Å². The number of phenolic OH excluding ortho intramolecular Hbond substituents is 4. The number of fused-ring (bicyclic) bond motifs is 3. The average Bonchev–Trinajstić information content (AvgIpc) is 3.28. The van der Waals surface area contributed by atoms with Gasteiger partial charge in [0.1, 0.15) is 51.8 Å². The van der Waals surface area contributed by atoms with Crippen molar-refractivity contribution in [3.63, 3.8) is 0 Å². The van der Waals surface area contributed by atoms with Crippen LogP contribution in [0.25, 0.3) is 22.3 Å². The molecule has 0 amide bonds. The Labute approximate surface area is 215 Å². The topological polar surface area (TPSA) is 137 Å². The van der Waals surface area contributed by atoms with E-state index in [0.29, 0.717) is 16.7 Å². The predicted molar refractivity (Wildman–Crippen MR) is 137 cm³/mol. The lowest BCUT2D eigenvalue weighted by Crippen LogP contribution is -2.20. The monoisotopic (exact) mass is 508 g/mol. The van der Waals surface area contributed by atoms with Crippen LogP contribution in [-0.2, 0) is 0 Å². The molecule has 0 saturated carbocycles. The molecule has 0 fully saturated rings. The highest BCUT2D eigenvalue weighted by molar-refractivity contribution is 6.23. The molecule has 188 valence electrons. The quantitative estimate of drug-likeness (QED) is 0.222. The smallest absolute Gasteiger partial charge is 0.201 e. The van der Waals surface area contributed by atoms with Gasteiger partial charge in [0, 0.05) is 17.0 Å². The summed E-state index contributed by atoms with van der Waals surface area (Å²) in [6.07, 6.45) is -0.539. The fourth-order valence-corrected chi connectivity index (χ4v) is 4.73. The molecule has 0 spiro atoms. The van der Waals surface area contributed by atoms with E-state index in [1.807, 2.05) is 0 Å². The van der Waals surface area contributed by atoms with E-state index in [1.165, 1.54) is 36.4 Å². The Hall–Kier alpha value is -5.24. The molecule has 0 saturated heterocycles. The van der Waals surface area contributed by atoms with E-state index in [1.54, 1.807) is 36.4 Å². The molecule has 4 N–H and O–H groups in total. The van der Waals surface area contributed by atoms with E-state index in [9.17, 15) is 30.0 Å². The zero-order valence-electron chi connectivity index (χ0n) is 19.7. The van der Waals surface area contributed by atoms with Crippen LogP contribution >= 0.6 is 0 Å². The molecular weight excluding hydrogens is 488 g/mol. The van der Waals surface area contributed by atoms with Gasteiger partial charge in [-0.25, -0.2) is 0 Å². The fourth-order valence-electron chi connectivity index (χ4n) is 4.73. The number of Topliss-reactive ketones (excluding diaryl/α,β-unsaturated/α-hetero) is 1. The number of phenols is 4. The standard InChI is InChI=1S/C30H20O8/c31-17-5-1-15(2-6-17)25-14-23(35)27-24(37-25)12-11-21-26(28(36)20-10-9-19(33)13-22(20)34)29(38-30(21)27)16-3-7-18(32)8-4-16/h1-13,25,31-34H,14H2. The van der Waals surface area contributed by atoms with Crippen molar-refractivity contribution in [1.82, 2.24) is 0 Å². The average molecular weight is 508 g/mol. The lowest BCUT2D eigenvalue weighted by Gasteiger charge is -2.25. The van der Waals surface area contributed by atoms with Gasteiger partial charge in [0.05, 0.1) is 17.5 Å². The van der Waals surface area contributed by atoms with Crippen molar-refractivity contribution in [2.24, 2.45) is 0 Å². The van der Waals surface area contributed by atoms with E-state index in [0.717, 1.165) is 11.6 Å². The largest absolute Gasteiger partial charge is 0.508 e. The Morgan fingerprint density at radius 2 is 1.45 bits per heavy atom. The number of carbonyl (C=O) groups is 2. The molecule has 8 nitrogen and oxygen atoms in total. The minimum absolute atomic E-state index is 0.0220. The van der Waals surface area contributed by atoms with Crippen LogP contribution in [0.5, 0.6) is 28.7 Å². The molecular formula is C30H20O8. The lowest BCUT2D eigenvalue weighted by molar-refractivity contribution is 0.0851. The van der Waals surface area contributed by atoms with E-state index < -0.39 is 17.6 Å². The predicted octanol–water partition coefficient (Wildman–Crippen LogP) is 5.86. The molecule has 6 rings (SSSR count). The van der Waals surface area contributed by atoms with Crippen molar-refractivity contribution in [2.45, 2.75) is 12.5 Å². The van der Waals surface area contributed by atoms with Crippen molar-refractivity contribution >= 4 is 22.5 Å². The summed E-state index contributed by atoms with van der Waals surface area (Å²) in [6.45, 7) is 0. The summed E-state index contributed by atoms with van der Waals surface area (Å²) in [6, 6.07) is 19.4. The maximum Gasteiger partial charge on any atom is 0.201 e. The number of aromatic hydroxyl groups is 4. The van der Waals surface area contributed by atoms with Crippen LogP contribution in [0.1, 0.15) is 44.4 Å². The number of ether oxygens (including phenoxy) is 1. The van der Waals surface area contributed by atoms with E-state index in [2.05, 4.69) is 0 Å². The molecule has 1 aromatic heterocycles. The van der Waals surface area contributed by atoms with Crippen molar-refractivity contribution < 1.29 is 39.2 Å². The molecule has 8 heteroatoms. The Bertz CT molecular complexity index is 1730. The lowest BCUT2D eigenvalue weighted by atomic mass is 9.92. The van der Waals surface area contributed by atoms with Crippen LogP contribution < -0.4 is 4.74 Å². The summed E-state index contributed by atoms with van der Waals surface area (Å²) in [5, 5.41) is 39.8. The number of rotatable bonds is 4. The van der Waals surface area contributed by atoms with E-state index in [4.69, 9.17) is 9.15 Å². The summed E-state index contributed by atoms with van der Waals surface area (Å²) >= 11 is 0. The van der Waals surface area contributed by atoms with Crippen LogP contribution in [0, 0.1) is 0 Å². The van der Waals surface area contributed by atoms with E-state index in [-0.39, 0.29) is 57.5 Å². The van der Waals surface area contributed by atoms with Gasteiger partial charge in [0.15, 0.2) is 5.78 Å². The number of benzene rings is 4. The first-order chi connectivity index (χ1) is 18.3.